The van der Waals surface area contributed by atoms with Crippen molar-refractivity contribution in [3.63, 3.8) is 0 Å². The van der Waals surface area contributed by atoms with Crippen molar-refractivity contribution < 1.29 is 4.74 Å². The molecular weight excluding hydrogens is 339 g/mol. The smallest absolute Gasteiger partial charge is 0.111 e. The Morgan fingerprint density at radius 1 is 1.23 bits per heavy atom. The van der Waals surface area contributed by atoms with E-state index in [9.17, 15) is 0 Å². The second-order valence-electron chi connectivity index (χ2n) is 5.38. The average molecular weight is 359 g/mol. The summed E-state index contributed by atoms with van der Waals surface area (Å²) in [6.07, 6.45) is 0.795. The van der Waals surface area contributed by atoms with Crippen molar-refractivity contribution in [3.8, 4) is 0 Å². The highest BCUT2D eigenvalue weighted by Crippen LogP contribution is 2.36. The van der Waals surface area contributed by atoms with Gasteiger partial charge in [-0.1, -0.05) is 48.8 Å². The zero-order chi connectivity index (χ0) is 16.3. The Kier molecular flexibility index (Phi) is 6.21. The molecule has 0 aliphatic carbocycles. The van der Waals surface area contributed by atoms with Crippen LogP contribution in [0.4, 0.5) is 0 Å². The van der Waals surface area contributed by atoms with E-state index in [4.69, 9.17) is 32.9 Å². The number of rotatable bonds is 6. The SMILES string of the molecule is COCCc1nc(C(C)C)c(Sc2cc(Cl)cc(Cl)c2)n1C. The molecule has 0 radical (unpaired) electrons. The van der Waals surface area contributed by atoms with Gasteiger partial charge in [0.05, 0.1) is 12.3 Å². The molecule has 2 aromatic rings. The van der Waals surface area contributed by atoms with Gasteiger partial charge in [0.2, 0.25) is 0 Å². The molecular formula is C16H20Cl2N2OS. The number of imidazole rings is 1. The minimum absolute atomic E-state index is 0.347. The quantitative estimate of drug-likeness (QED) is 0.710. The maximum Gasteiger partial charge on any atom is 0.111 e. The van der Waals surface area contributed by atoms with Crippen LogP contribution in [0, 0.1) is 0 Å². The summed E-state index contributed by atoms with van der Waals surface area (Å²) in [5, 5.41) is 2.41. The van der Waals surface area contributed by atoms with Crippen LogP contribution in [0.5, 0.6) is 0 Å². The molecule has 0 saturated carbocycles. The van der Waals surface area contributed by atoms with Crippen LogP contribution in [0.2, 0.25) is 10.0 Å². The monoisotopic (exact) mass is 358 g/mol. The second-order valence-corrected chi connectivity index (χ2v) is 7.32. The fourth-order valence-corrected chi connectivity index (χ4v) is 4.04. The van der Waals surface area contributed by atoms with Gasteiger partial charge in [0.1, 0.15) is 10.9 Å². The molecule has 0 saturated heterocycles. The summed E-state index contributed by atoms with van der Waals surface area (Å²) in [4.78, 5) is 5.80. The molecule has 120 valence electrons. The lowest BCUT2D eigenvalue weighted by Gasteiger charge is -2.09. The Hall–Kier alpha value is -0.680. The van der Waals surface area contributed by atoms with Gasteiger partial charge in [0.15, 0.2) is 0 Å². The number of hydrogen-bond donors (Lipinski definition) is 0. The van der Waals surface area contributed by atoms with E-state index in [0.29, 0.717) is 22.6 Å². The highest BCUT2D eigenvalue weighted by Gasteiger charge is 2.18. The molecule has 6 heteroatoms. The number of hydrogen-bond acceptors (Lipinski definition) is 3. The number of halogens is 2. The maximum atomic E-state index is 6.10. The van der Waals surface area contributed by atoms with Gasteiger partial charge in [0.25, 0.3) is 0 Å². The standard InChI is InChI=1S/C16H20Cl2N2OS/c1-10(2)15-16(20(3)14(19-15)5-6-21-4)22-13-8-11(17)7-12(18)9-13/h7-10H,5-6H2,1-4H3. The van der Waals surface area contributed by atoms with Crippen LogP contribution in [0.25, 0.3) is 0 Å². The Morgan fingerprint density at radius 3 is 2.41 bits per heavy atom. The van der Waals surface area contributed by atoms with E-state index in [1.807, 2.05) is 19.2 Å². The molecule has 0 N–H and O–H groups in total. The third-order valence-electron chi connectivity index (χ3n) is 3.29. The van der Waals surface area contributed by atoms with E-state index in [1.165, 1.54) is 0 Å². The van der Waals surface area contributed by atoms with Gasteiger partial charge in [-0.2, -0.15) is 0 Å². The van der Waals surface area contributed by atoms with Crippen molar-refractivity contribution in [1.82, 2.24) is 9.55 Å². The summed E-state index contributed by atoms with van der Waals surface area (Å²) >= 11 is 13.8. The lowest BCUT2D eigenvalue weighted by Crippen LogP contribution is -2.03. The van der Waals surface area contributed by atoms with Crippen LogP contribution < -0.4 is 0 Å². The summed E-state index contributed by atoms with van der Waals surface area (Å²) in [6, 6.07) is 5.58. The molecule has 0 atom stereocenters. The Balaban J connectivity index is 2.37. The van der Waals surface area contributed by atoms with E-state index in [1.54, 1.807) is 24.9 Å². The highest BCUT2D eigenvalue weighted by atomic mass is 35.5. The van der Waals surface area contributed by atoms with Crippen LogP contribution in [-0.2, 0) is 18.2 Å². The van der Waals surface area contributed by atoms with E-state index >= 15 is 0 Å². The van der Waals surface area contributed by atoms with Gasteiger partial charge >= 0.3 is 0 Å². The summed E-state index contributed by atoms with van der Waals surface area (Å²) in [7, 11) is 3.74. The number of benzene rings is 1. The fraction of sp³-hybridized carbons (Fsp3) is 0.438. The van der Waals surface area contributed by atoms with Gasteiger partial charge in [-0.15, -0.1) is 0 Å². The van der Waals surface area contributed by atoms with Crippen molar-refractivity contribution in [3.05, 3.63) is 39.8 Å². The third-order valence-corrected chi connectivity index (χ3v) is 4.87. The Labute approximate surface area is 146 Å². The van der Waals surface area contributed by atoms with Crippen molar-refractivity contribution >= 4 is 35.0 Å². The number of ether oxygens (including phenoxy) is 1. The highest BCUT2D eigenvalue weighted by molar-refractivity contribution is 7.99. The first-order valence-electron chi connectivity index (χ1n) is 7.10. The Morgan fingerprint density at radius 2 is 1.86 bits per heavy atom. The molecule has 0 amide bonds. The molecule has 1 heterocycles. The minimum Gasteiger partial charge on any atom is -0.384 e. The maximum absolute atomic E-state index is 6.10. The van der Waals surface area contributed by atoms with Gasteiger partial charge < -0.3 is 9.30 Å². The molecule has 0 aliphatic heterocycles. The molecule has 0 fully saturated rings. The van der Waals surface area contributed by atoms with Crippen molar-refractivity contribution in [2.75, 3.05) is 13.7 Å². The Bertz CT molecular complexity index is 636. The average Bonchev–Trinajstić information content (AvgIpc) is 2.73. The van der Waals surface area contributed by atoms with Gasteiger partial charge in [-0.25, -0.2) is 4.98 Å². The summed E-state index contributed by atoms with van der Waals surface area (Å²) in [6.45, 7) is 4.96. The predicted octanol–water partition coefficient (Wildman–Crippen LogP) is 5.19. The largest absolute Gasteiger partial charge is 0.384 e. The lowest BCUT2D eigenvalue weighted by molar-refractivity contribution is 0.199. The summed E-state index contributed by atoms with van der Waals surface area (Å²) < 4.78 is 7.30. The molecule has 1 aromatic carbocycles. The molecule has 3 nitrogen and oxygen atoms in total. The van der Waals surface area contributed by atoms with Gasteiger partial charge in [0, 0.05) is 35.5 Å². The van der Waals surface area contributed by atoms with Crippen LogP contribution in [-0.4, -0.2) is 23.3 Å². The van der Waals surface area contributed by atoms with E-state index < -0.39 is 0 Å². The van der Waals surface area contributed by atoms with E-state index in [0.717, 1.165) is 27.9 Å². The number of nitrogens with zero attached hydrogens (tertiary/aromatic N) is 2. The molecule has 0 spiro atoms. The normalized spacial score (nSPS) is 11.4. The zero-order valence-electron chi connectivity index (χ0n) is 13.2. The van der Waals surface area contributed by atoms with Crippen LogP contribution >= 0.6 is 35.0 Å². The molecule has 0 unspecified atom stereocenters. The van der Waals surface area contributed by atoms with Gasteiger partial charge in [-0.3, -0.25) is 0 Å². The van der Waals surface area contributed by atoms with Crippen LogP contribution in [0.3, 0.4) is 0 Å². The first-order valence-corrected chi connectivity index (χ1v) is 8.68. The summed E-state index contributed by atoms with van der Waals surface area (Å²) in [5.41, 5.74) is 1.09. The fourth-order valence-electron chi connectivity index (χ4n) is 2.16. The van der Waals surface area contributed by atoms with Gasteiger partial charge in [-0.05, 0) is 24.1 Å². The van der Waals surface area contributed by atoms with E-state index in [2.05, 4.69) is 18.4 Å². The predicted molar refractivity (Wildman–Crippen MR) is 93.5 cm³/mol. The van der Waals surface area contributed by atoms with Crippen molar-refractivity contribution in [2.24, 2.45) is 7.05 Å². The number of aromatic nitrogens is 2. The lowest BCUT2D eigenvalue weighted by atomic mass is 10.1. The number of methoxy groups -OCH3 is 1. The first-order chi connectivity index (χ1) is 10.4. The van der Waals surface area contributed by atoms with Crippen LogP contribution in [0.1, 0.15) is 31.3 Å². The third kappa shape index (κ3) is 4.19. The molecule has 22 heavy (non-hydrogen) atoms. The van der Waals surface area contributed by atoms with E-state index in [-0.39, 0.29) is 0 Å². The molecule has 0 bridgehead atoms. The topological polar surface area (TPSA) is 27.1 Å². The molecule has 0 aliphatic rings. The first kappa shape index (κ1) is 17.7. The van der Waals surface area contributed by atoms with Crippen molar-refractivity contribution in [1.29, 1.82) is 0 Å². The summed E-state index contributed by atoms with van der Waals surface area (Å²) in [5.74, 6) is 1.38. The van der Waals surface area contributed by atoms with Crippen molar-refractivity contribution in [2.45, 2.75) is 36.1 Å². The van der Waals surface area contributed by atoms with Crippen LogP contribution in [0.15, 0.2) is 28.1 Å². The molecule has 2 rings (SSSR count). The minimum atomic E-state index is 0.347. The molecule has 1 aromatic heterocycles. The second kappa shape index (κ2) is 7.73. The zero-order valence-corrected chi connectivity index (χ0v) is 15.5.